The first-order chi connectivity index (χ1) is 15.0. The zero-order valence-corrected chi connectivity index (χ0v) is 15.9. The number of carboxylic acids is 2. The number of aromatic carboxylic acids is 2. The Morgan fingerprint density at radius 2 is 1.59 bits per heavy atom. The number of ether oxygens (including phenoxy) is 1. The van der Waals surface area contributed by atoms with E-state index in [1.807, 2.05) is 0 Å². The molecule has 164 valence electrons. The fourth-order valence-electron chi connectivity index (χ4n) is 3.36. The molecule has 1 heterocycles. The molecule has 0 aliphatic heterocycles. The zero-order chi connectivity index (χ0) is 23.4. The maximum atomic E-state index is 13.3. The average Bonchev–Trinajstić information content (AvgIpc) is 3.09. The van der Waals surface area contributed by atoms with Crippen molar-refractivity contribution in [1.82, 2.24) is 0 Å². The maximum absolute atomic E-state index is 13.3. The van der Waals surface area contributed by atoms with E-state index in [0.717, 1.165) is 12.1 Å². The van der Waals surface area contributed by atoms with Gasteiger partial charge in [-0.3, -0.25) is 0 Å². The zero-order valence-electron chi connectivity index (χ0n) is 15.9. The number of hydrogen-bond donors (Lipinski definition) is 4. The van der Waals surface area contributed by atoms with Crippen molar-refractivity contribution in [1.29, 1.82) is 0 Å². The van der Waals surface area contributed by atoms with Crippen LogP contribution >= 0.6 is 0 Å². The van der Waals surface area contributed by atoms with Crippen LogP contribution in [0.5, 0.6) is 11.5 Å². The standard InChI is InChI=1S/C21H13F3N2O6/c22-21(23,24)12-6-8(7-13(25)16(12)26)31-14-5-4-11(20(29)30)18-15(14)9-2-1-3-10(19(27)28)17(9)32-18/h1-7H,25-26H2,(H,27,28)(H,29,30). The molecule has 0 fully saturated rings. The van der Waals surface area contributed by atoms with Gasteiger partial charge in [-0.25, -0.2) is 9.59 Å². The number of fused-ring (bicyclic) bond motifs is 3. The summed E-state index contributed by atoms with van der Waals surface area (Å²) in [4.78, 5) is 23.2. The molecule has 0 amide bonds. The van der Waals surface area contributed by atoms with Crippen LogP contribution in [0.3, 0.4) is 0 Å². The van der Waals surface area contributed by atoms with E-state index in [2.05, 4.69) is 0 Å². The molecule has 0 bridgehead atoms. The van der Waals surface area contributed by atoms with Crippen molar-refractivity contribution in [3.8, 4) is 11.5 Å². The number of hydrogen-bond acceptors (Lipinski definition) is 6. The third kappa shape index (κ3) is 3.29. The summed E-state index contributed by atoms with van der Waals surface area (Å²) in [5.74, 6) is -3.04. The summed E-state index contributed by atoms with van der Waals surface area (Å²) in [6.07, 6.45) is -4.79. The van der Waals surface area contributed by atoms with E-state index in [0.29, 0.717) is 6.07 Å². The Morgan fingerprint density at radius 1 is 0.938 bits per heavy atom. The molecule has 8 nitrogen and oxygen atoms in total. The Balaban J connectivity index is 1.99. The Morgan fingerprint density at radius 3 is 2.22 bits per heavy atom. The minimum absolute atomic E-state index is 0.0661. The maximum Gasteiger partial charge on any atom is 0.418 e. The second-order valence-corrected chi connectivity index (χ2v) is 6.78. The van der Waals surface area contributed by atoms with Crippen molar-refractivity contribution in [3.63, 3.8) is 0 Å². The highest BCUT2D eigenvalue weighted by molar-refractivity contribution is 6.17. The molecule has 0 aliphatic carbocycles. The van der Waals surface area contributed by atoms with Crippen molar-refractivity contribution in [2.45, 2.75) is 6.18 Å². The van der Waals surface area contributed by atoms with Crippen molar-refractivity contribution in [3.05, 3.63) is 59.2 Å². The van der Waals surface area contributed by atoms with Gasteiger partial charge in [0.15, 0.2) is 5.58 Å². The van der Waals surface area contributed by atoms with E-state index in [1.54, 1.807) is 0 Å². The molecule has 0 spiro atoms. The van der Waals surface area contributed by atoms with Gasteiger partial charge in [0.05, 0.1) is 22.3 Å². The first-order valence-electron chi connectivity index (χ1n) is 8.88. The first kappa shape index (κ1) is 20.8. The van der Waals surface area contributed by atoms with Gasteiger partial charge < -0.3 is 30.8 Å². The number of anilines is 2. The molecule has 32 heavy (non-hydrogen) atoms. The van der Waals surface area contributed by atoms with Crippen molar-refractivity contribution >= 4 is 45.3 Å². The summed E-state index contributed by atoms with van der Waals surface area (Å²) in [6, 6.07) is 8.28. The van der Waals surface area contributed by atoms with Gasteiger partial charge in [0.1, 0.15) is 28.2 Å². The van der Waals surface area contributed by atoms with Crippen molar-refractivity contribution in [2.75, 3.05) is 11.5 Å². The van der Waals surface area contributed by atoms with Crippen LogP contribution in [0.15, 0.2) is 46.9 Å². The van der Waals surface area contributed by atoms with E-state index in [9.17, 15) is 33.0 Å². The molecule has 0 atom stereocenters. The molecular weight excluding hydrogens is 433 g/mol. The number of benzene rings is 3. The van der Waals surface area contributed by atoms with Gasteiger partial charge in [-0.15, -0.1) is 0 Å². The number of alkyl halides is 3. The summed E-state index contributed by atoms with van der Waals surface area (Å²) in [5, 5.41) is 19.2. The largest absolute Gasteiger partial charge is 0.478 e. The van der Waals surface area contributed by atoms with Crippen molar-refractivity contribution in [2.24, 2.45) is 0 Å². The van der Waals surface area contributed by atoms with Gasteiger partial charge in [-0.1, -0.05) is 12.1 Å². The number of furan rings is 1. The van der Waals surface area contributed by atoms with Crippen LogP contribution in [-0.2, 0) is 6.18 Å². The fourth-order valence-corrected chi connectivity index (χ4v) is 3.36. The lowest BCUT2D eigenvalue weighted by molar-refractivity contribution is -0.137. The normalized spacial score (nSPS) is 11.7. The lowest BCUT2D eigenvalue weighted by atomic mass is 10.1. The fraction of sp³-hybridized carbons (Fsp3) is 0.0476. The number of carbonyl (C=O) groups is 2. The monoisotopic (exact) mass is 446 g/mol. The van der Waals surface area contributed by atoms with E-state index >= 15 is 0 Å². The SMILES string of the molecule is Nc1cc(Oc2ccc(C(=O)O)c3oc4c(C(=O)O)cccc4c23)cc(C(F)(F)F)c1N. The summed E-state index contributed by atoms with van der Waals surface area (Å²) >= 11 is 0. The Hall–Kier alpha value is -4.41. The van der Waals surface area contributed by atoms with Crippen LogP contribution in [0.1, 0.15) is 26.3 Å². The molecule has 3 aromatic carbocycles. The molecular formula is C21H13F3N2O6. The summed E-state index contributed by atoms with van der Waals surface area (Å²) in [7, 11) is 0. The van der Waals surface area contributed by atoms with E-state index < -0.39 is 29.4 Å². The van der Waals surface area contributed by atoms with Gasteiger partial charge in [0.25, 0.3) is 0 Å². The van der Waals surface area contributed by atoms with Gasteiger partial charge >= 0.3 is 18.1 Å². The number of rotatable bonds is 4. The number of carboxylic acid groups (broad SMARTS) is 2. The molecule has 0 saturated heterocycles. The van der Waals surface area contributed by atoms with Crippen molar-refractivity contribution < 1.29 is 42.1 Å². The van der Waals surface area contributed by atoms with Gasteiger partial charge in [-0.2, -0.15) is 13.2 Å². The number of nitrogen functional groups attached to an aromatic ring is 2. The first-order valence-corrected chi connectivity index (χ1v) is 8.88. The highest BCUT2D eigenvalue weighted by Crippen LogP contribution is 2.43. The van der Waals surface area contributed by atoms with Crippen LogP contribution in [0.25, 0.3) is 21.9 Å². The summed E-state index contributed by atoms with van der Waals surface area (Å²) in [6.45, 7) is 0. The lowest BCUT2D eigenvalue weighted by Gasteiger charge is -2.15. The molecule has 6 N–H and O–H groups in total. The molecule has 0 radical (unpaired) electrons. The minimum atomic E-state index is -4.79. The second kappa shape index (κ2) is 7.08. The van der Waals surface area contributed by atoms with Crippen LogP contribution in [-0.4, -0.2) is 22.2 Å². The average molecular weight is 446 g/mol. The molecule has 0 aliphatic rings. The molecule has 0 saturated carbocycles. The van der Waals surface area contributed by atoms with Crippen LogP contribution < -0.4 is 16.2 Å². The molecule has 11 heteroatoms. The third-order valence-corrected chi connectivity index (χ3v) is 4.79. The molecule has 4 rings (SSSR count). The Kier molecular flexibility index (Phi) is 4.61. The molecule has 4 aromatic rings. The number of halogens is 3. The van der Waals surface area contributed by atoms with Gasteiger partial charge in [-0.05, 0) is 24.3 Å². The quantitative estimate of drug-likeness (QED) is 0.322. The lowest BCUT2D eigenvalue weighted by Crippen LogP contribution is -2.11. The summed E-state index contributed by atoms with van der Waals surface area (Å²) < 4.78 is 51.1. The summed E-state index contributed by atoms with van der Waals surface area (Å²) in [5.41, 5.74) is 8.01. The second-order valence-electron chi connectivity index (χ2n) is 6.78. The number of nitrogens with two attached hydrogens (primary N) is 2. The van der Waals surface area contributed by atoms with E-state index in [1.165, 1.54) is 24.3 Å². The Bertz CT molecular complexity index is 1430. The molecule has 0 unspecified atom stereocenters. The van der Waals surface area contributed by atoms with E-state index in [-0.39, 0.29) is 50.3 Å². The Labute approximate surface area is 176 Å². The van der Waals surface area contributed by atoms with Gasteiger partial charge in [0, 0.05) is 11.5 Å². The molecule has 1 aromatic heterocycles. The van der Waals surface area contributed by atoms with Gasteiger partial charge in [0.2, 0.25) is 0 Å². The predicted molar refractivity (Wildman–Crippen MR) is 108 cm³/mol. The van der Waals surface area contributed by atoms with E-state index in [4.69, 9.17) is 20.6 Å². The highest BCUT2D eigenvalue weighted by atomic mass is 19.4. The van der Waals surface area contributed by atoms with Crippen LogP contribution in [0.4, 0.5) is 24.5 Å². The minimum Gasteiger partial charge on any atom is -0.478 e. The number of para-hydroxylation sites is 1. The van der Waals surface area contributed by atoms with Crippen LogP contribution in [0, 0.1) is 0 Å². The van der Waals surface area contributed by atoms with Crippen LogP contribution in [0.2, 0.25) is 0 Å². The highest BCUT2D eigenvalue weighted by Gasteiger charge is 2.34. The smallest absolute Gasteiger partial charge is 0.418 e. The third-order valence-electron chi connectivity index (χ3n) is 4.79. The topological polar surface area (TPSA) is 149 Å². The predicted octanol–water partition coefficient (Wildman–Crippen LogP) is 4.96.